The largest absolute Gasteiger partial charge is 0.506 e. The molecule has 0 heterocycles. The second kappa shape index (κ2) is 4.22. The van der Waals surface area contributed by atoms with Gasteiger partial charge in [-0.2, -0.15) is 4.99 Å². The molecule has 0 bridgehead atoms. The molecule has 0 atom stereocenters. The summed E-state index contributed by atoms with van der Waals surface area (Å²) in [5, 5.41) is 10.3. The molecule has 3 rings (SSSR count). The molecule has 0 radical (unpaired) electrons. The van der Waals surface area contributed by atoms with Gasteiger partial charge in [-0.05, 0) is 71.6 Å². The normalized spacial score (nSPS) is 19.8. The van der Waals surface area contributed by atoms with Crippen molar-refractivity contribution in [3.8, 4) is 5.75 Å². The van der Waals surface area contributed by atoms with E-state index in [1.54, 1.807) is 6.08 Å². The summed E-state index contributed by atoms with van der Waals surface area (Å²) < 4.78 is 0.794. The summed E-state index contributed by atoms with van der Waals surface area (Å²) in [5.74, 6) is 0.257. The van der Waals surface area contributed by atoms with Crippen LogP contribution in [0.5, 0.6) is 5.75 Å². The fourth-order valence-corrected chi connectivity index (χ4v) is 3.51. The van der Waals surface area contributed by atoms with Gasteiger partial charge in [-0.15, -0.1) is 0 Å². The Bertz CT molecular complexity index is 557. The van der Waals surface area contributed by atoms with E-state index in [9.17, 15) is 9.90 Å². The van der Waals surface area contributed by atoms with E-state index in [0.717, 1.165) is 35.7 Å². The number of hydrogen-bond donors (Lipinski definition) is 1. The highest BCUT2D eigenvalue weighted by molar-refractivity contribution is 9.10. The Morgan fingerprint density at radius 1 is 1.33 bits per heavy atom. The van der Waals surface area contributed by atoms with E-state index < -0.39 is 5.54 Å². The monoisotopic (exact) mass is 307 g/mol. The van der Waals surface area contributed by atoms with Crippen LogP contribution in [0.4, 0.5) is 0 Å². The molecule has 1 saturated carbocycles. The molecule has 94 valence electrons. The molecule has 1 aromatic carbocycles. The van der Waals surface area contributed by atoms with Crippen LogP contribution in [-0.2, 0) is 23.2 Å². The maximum absolute atomic E-state index is 10.5. The summed E-state index contributed by atoms with van der Waals surface area (Å²) >= 11 is 3.50. The number of hydrogen-bond acceptors (Lipinski definition) is 3. The molecule has 4 heteroatoms. The fraction of sp³-hybridized carbons (Fsp3) is 0.500. The van der Waals surface area contributed by atoms with Gasteiger partial charge in [0, 0.05) is 5.56 Å². The molecule has 0 spiro atoms. The Balaban J connectivity index is 2.16. The Kier molecular flexibility index (Phi) is 2.80. The first-order chi connectivity index (χ1) is 8.68. The lowest BCUT2D eigenvalue weighted by atomic mass is 9.88. The summed E-state index contributed by atoms with van der Waals surface area (Å²) in [6, 6.07) is 2.04. The Labute approximate surface area is 114 Å². The molecule has 1 N–H and O–H groups in total. The van der Waals surface area contributed by atoms with Gasteiger partial charge in [0.15, 0.2) is 0 Å². The minimum absolute atomic E-state index is 0.257. The second-order valence-electron chi connectivity index (χ2n) is 5.17. The van der Waals surface area contributed by atoms with E-state index in [1.165, 1.54) is 24.0 Å². The zero-order chi connectivity index (χ0) is 12.8. The number of aryl methyl sites for hydroxylation is 1. The molecule has 2 aliphatic rings. The molecule has 0 aromatic heterocycles. The van der Waals surface area contributed by atoms with Crippen molar-refractivity contribution < 1.29 is 9.90 Å². The molecular formula is C14H14BrNO2. The number of halogens is 1. The lowest BCUT2D eigenvalue weighted by Gasteiger charge is -2.22. The molecule has 0 saturated heterocycles. The molecular weight excluding hydrogens is 294 g/mol. The summed E-state index contributed by atoms with van der Waals surface area (Å²) in [6.45, 7) is 0. The Morgan fingerprint density at radius 3 is 2.72 bits per heavy atom. The van der Waals surface area contributed by atoms with Crippen molar-refractivity contribution in [3.63, 3.8) is 0 Å². The first kappa shape index (κ1) is 11.9. The Morgan fingerprint density at radius 2 is 2.06 bits per heavy atom. The number of phenols is 1. The smallest absolute Gasteiger partial charge is 0.235 e. The number of benzene rings is 1. The molecule has 2 aliphatic carbocycles. The van der Waals surface area contributed by atoms with Gasteiger partial charge in [-0.25, -0.2) is 4.79 Å². The minimum atomic E-state index is -0.499. The molecule has 0 unspecified atom stereocenters. The van der Waals surface area contributed by atoms with E-state index in [-0.39, 0.29) is 5.75 Å². The van der Waals surface area contributed by atoms with Gasteiger partial charge >= 0.3 is 0 Å². The highest BCUT2D eigenvalue weighted by atomic mass is 79.9. The summed E-state index contributed by atoms with van der Waals surface area (Å²) in [5.41, 5.74) is 2.79. The third-order valence-corrected chi connectivity index (χ3v) is 4.90. The maximum Gasteiger partial charge on any atom is 0.235 e. The van der Waals surface area contributed by atoms with Crippen LogP contribution in [0.25, 0.3) is 0 Å². The van der Waals surface area contributed by atoms with Crippen LogP contribution < -0.4 is 0 Å². The number of aromatic hydroxyl groups is 1. The summed E-state index contributed by atoms with van der Waals surface area (Å²) in [4.78, 5) is 14.4. The second-order valence-corrected chi connectivity index (χ2v) is 5.96. The molecule has 1 aromatic rings. The van der Waals surface area contributed by atoms with Crippen LogP contribution in [0.15, 0.2) is 15.5 Å². The Hall–Kier alpha value is -1.12. The van der Waals surface area contributed by atoms with Crippen molar-refractivity contribution in [1.82, 2.24) is 0 Å². The van der Waals surface area contributed by atoms with E-state index in [1.807, 2.05) is 6.07 Å². The van der Waals surface area contributed by atoms with E-state index in [2.05, 4.69) is 20.9 Å². The zero-order valence-corrected chi connectivity index (χ0v) is 11.6. The molecule has 3 nitrogen and oxygen atoms in total. The van der Waals surface area contributed by atoms with Gasteiger partial charge in [0.1, 0.15) is 11.3 Å². The van der Waals surface area contributed by atoms with Gasteiger partial charge < -0.3 is 5.11 Å². The van der Waals surface area contributed by atoms with Crippen LogP contribution in [-0.4, -0.2) is 11.2 Å². The van der Waals surface area contributed by atoms with Crippen molar-refractivity contribution in [2.24, 2.45) is 4.99 Å². The fourth-order valence-electron chi connectivity index (χ4n) is 2.84. The first-order valence-corrected chi connectivity index (χ1v) is 7.10. The van der Waals surface area contributed by atoms with Gasteiger partial charge in [0.05, 0.1) is 4.47 Å². The first-order valence-electron chi connectivity index (χ1n) is 6.31. The predicted molar refractivity (Wildman–Crippen MR) is 71.5 cm³/mol. The van der Waals surface area contributed by atoms with Crippen LogP contribution >= 0.6 is 15.9 Å². The van der Waals surface area contributed by atoms with Crippen molar-refractivity contribution in [2.45, 2.75) is 44.1 Å². The number of carbonyl (C=O) groups excluding carboxylic acids is 1. The molecule has 18 heavy (non-hydrogen) atoms. The minimum Gasteiger partial charge on any atom is -0.506 e. The quantitative estimate of drug-likeness (QED) is 0.673. The summed E-state index contributed by atoms with van der Waals surface area (Å²) in [6.07, 6.45) is 7.69. The summed E-state index contributed by atoms with van der Waals surface area (Å²) in [7, 11) is 0. The average Bonchev–Trinajstić information content (AvgIpc) is 3.15. The van der Waals surface area contributed by atoms with Crippen LogP contribution in [0.2, 0.25) is 0 Å². The number of nitrogens with zero attached hydrogens (tertiary/aromatic N) is 1. The SMILES string of the molecule is O=C=NC1(c2cc3c(c(Br)c2O)CCCC3)CC1. The maximum atomic E-state index is 10.5. The highest BCUT2D eigenvalue weighted by Gasteiger charge is 2.47. The topological polar surface area (TPSA) is 49.7 Å². The van der Waals surface area contributed by atoms with E-state index in [4.69, 9.17) is 0 Å². The van der Waals surface area contributed by atoms with Crippen molar-refractivity contribution in [1.29, 1.82) is 0 Å². The van der Waals surface area contributed by atoms with Gasteiger partial charge in [0.2, 0.25) is 6.08 Å². The van der Waals surface area contributed by atoms with Gasteiger partial charge in [-0.1, -0.05) is 0 Å². The van der Waals surface area contributed by atoms with Crippen LogP contribution in [0, 0.1) is 0 Å². The molecule has 1 fully saturated rings. The number of fused-ring (bicyclic) bond motifs is 1. The lowest BCUT2D eigenvalue weighted by molar-refractivity contribution is 0.453. The predicted octanol–water partition coefficient (Wildman–Crippen LogP) is 3.36. The molecule has 0 amide bonds. The van der Waals surface area contributed by atoms with Crippen LogP contribution in [0.1, 0.15) is 42.4 Å². The number of isocyanates is 1. The molecule has 0 aliphatic heterocycles. The third kappa shape index (κ3) is 1.72. The van der Waals surface area contributed by atoms with Crippen molar-refractivity contribution in [3.05, 3.63) is 27.2 Å². The van der Waals surface area contributed by atoms with E-state index in [0.29, 0.717) is 0 Å². The van der Waals surface area contributed by atoms with Crippen LogP contribution in [0.3, 0.4) is 0 Å². The highest BCUT2D eigenvalue weighted by Crippen LogP contribution is 2.54. The van der Waals surface area contributed by atoms with Crippen molar-refractivity contribution >= 4 is 22.0 Å². The number of rotatable bonds is 2. The standard InChI is InChI=1S/C14H14BrNO2/c15-12-10-4-2-1-3-9(10)7-11(13(12)18)14(5-6-14)16-8-17/h7,18H,1-6H2. The van der Waals surface area contributed by atoms with Gasteiger partial charge in [0.25, 0.3) is 0 Å². The number of phenolic OH excluding ortho intramolecular Hbond substituents is 1. The van der Waals surface area contributed by atoms with Crippen molar-refractivity contribution in [2.75, 3.05) is 0 Å². The van der Waals surface area contributed by atoms with Gasteiger partial charge in [-0.3, -0.25) is 0 Å². The zero-order valence-electron chi connectivity index (χ0n) is 10.0. The third-order valence-electron chi connectivity index (χ3n) is 4.04. The van der Waals surface area contributed by atoms with E-state index >= 15 is 0 Å². The lowest BCUT2D eigenvalue weighted by Crippen LogP contribution is -2.09. The average molecular weight is 308 g/mol. The number of aliphatic imine (C=N–C) groups is 1.